The summed E-state index contributed by atoms with van der Waals surface area (Å²) in [6.45, 7) is 5.01. The van der Waals surface area contributed by atoms with Gasteiger partial charge in [0.1, 0.15) is 11.0 Å². The van der Waals surface area contributed by atoms with Crippen molar-refractivity contribution in [3.63, 3.8) is 0 Å². The summed E-state index contributed by atoms with van der Waals surface area (Å²) in [6, 6.07) is 9.77. The average Bonchev–Trinajstić information content (AvgIpc) is 2.71. The summed E-state index contributed by atoms with van der Waals surface area (Å²) >= 11 is 1.25. The fourth-order valence-electron chi connectivity index (χ4n) is 2.79. The maximum Gasteiger partial charge on any atom is 0.352 e. The lowest BCUT2D eigenvalue weighted by Crippen LogP contribution is -2.09. The molecule has 0 atom stereocenters. The van der Waals surface area contributed by atoms with Crippen LogP contribution >= 0.6 is 11.8 Å². The van der Waals surface area contributed by atoms with Crippen molar-refractivity contribution in [3.8, 4) is 23.0 Å². The lowest BCUT2D eigenvalue weighted by atomic mass is 10.1. The molecule has 0 bridgehead atoms. The van der Waals surface area contributed by atoms with Crippen molar-refractivity contribution in [1.29, 1.82) is 0 Å². The number of hydrogen-bond acceptors (Lipinski definition) is 9. The maximum absolute atomic E-state index is 12.9. The van der Waals surface area contributed by atoms with Crippen LogP contribution in [0.15, 0.2) is 55.6 Å². The van der Waals surface area contributed by atoms with E-state index in [0.717, 1.165) is 4.90 Å². The van der Waals surface area contributed by atoms with E-state index in [2.05, 4.69) is 4.89 Å². The first-order valence-corrected chi connectivity index (χ1v) is 10.2. The van der Waals surface area contributed by atoms with Gasteiger partial charge in [-0.3, -0.25) is 14.6 Å². The van der Waals surface area contributed by atoms with Gasteiger partial charge in [-0.25, -0.2) is 4.79 Å². The molecule has 1 heterocycles. The second kappa shape index (κ2) is 9.65. The topological polar surface area (TPSA) is 93.4 Å². The molecule has 0 spiro atoms. The molecule has 0 aliphatic carbocycles. The first kappa shape index (κ1) is 22.4. The second-order valence-electron chi connectivity index (χ2n) is 6.64. The first-order chi connectivity index (χ1) is 14.8. The van der Waals surface area contributed by atoms with E-state index in [9.17, 15) is 9.59 Å². The third kappa shape index (κ3) is 5.24. The SMILES string of the molecule is COc1c(OC(C)C)cc2oc(Sc3ccc(OOC(C)=O)cc3)cc(=O)c2c1OC. The Morgan fingerprint density at radius 2 is 1.71 bits per heavy atom. The highest BCUT2D eigenvalue weighted by atomic mass is 32.2. The summed E-state index contributed by atoms with van der Waals surface area (Å²) in [6.07, 6.45) is -0.118. The minimum absolute atomic E-state index is 0.118. The zero-order chi connectivity index (χ0) is 22.5. The Balaban J connectivity index is 1.97. The van der Waals surface area contributed by atoms with Crippen molar-refractivity contribution in [1.82, 2.24) is 0 Å². The van der Waals surface area contributed by atoms with E-state index in [1.54, 1.807) is 30.3 Å². The van der Waals surface area contributed by atoms with Gasteiger partial charge in [0.2, 0.25) is 5.75 Å². The van der Waals surface area contributed by atoms with Gasteiger partial charge in [0.05, 0.1) is 20.3 Å². The molecular formula is C22H22O8S. The number of fused-ring (bicyclic) bond motifs is 1. The monoisotopic (exact) mass is 446 g/mol. The van der Waals surface area contributed by atoms with Crippen molar-refractivity contribution in [2.45, 2.75) is 36.9 Å². The molecule has 3 aromatic rings. The predicted octanol–water partition coefficient (Wildman–Crippen LogP) is 4.61. The molecule has 31 heavy (non-hydrogen) atoms. The lowest BCUT2D eigenvalue weighted by molar-refractivity contribution is -0.210. The Morgan fingerprint density at radius 3 is 2.29 bits per heavy atom. The number of ether oxygens (including phenoxy) is 3. The van der Waals surface area contributed by atoms with Gasteiger partial charge in [-0.2, -0.15) is 0 Å². The summed E-state index contributed by atoms with van der Waals surface area (Å²) in [5.41, 5.74) is 0.0444. The van der Waals surface area contributed by atoms with Crippen LogP contribution in [0.1, 0.15) is 20.8 Å². The Bertz CT molecular complexity index is 1130. The maximum atomic E-state index is 12.9. The molecule has 0 unspecified atom stereocenters. The third-order valence-corrected chi connectivity index (χ3v) is 4.85. The molecule has 3 rings (SSSR count). The number of carbonyl (C=O) groups is 1. The Labute approximate surface area is 182 Å². The number of hydrogen-bond donors (Lipinski definition) is 0. The first-order valence-electron chi connectivity index (χ1n) is 9.34. The van der Waals surface area contributed by atoms with Gasteiger partial charge in [-0.05, 0) is 38.1 Å². The number of methoxy groups -OCH3 is 2. The molecule has 0 aliphatic rings. The molecule has 1 aromatic heterocycles. The van der Waals surface area contributed by atoms with Crippen LogP contribution in [0.25, 0.3) is 11.0 Å². The fourth-order valence-corrected chi connectivity index (χ4v) is 3.59. The van der Waals surface area contributed by atoms with Gasteiger partial charge in [0.25, 0.3) is 0 Å². The van der Waals surface area contributed by atoms with Crippen LogP contribution in [0, 0.1) is 0 Å². The molecule has 164 valence electrons. The molecule has 2 aromatic carbocycles. The minimum atomic E-state index is -0.552. The smallest absolute Gasteiger partial charge is 0.352 e. The van der Waals surface area contributed by atoms with Crippen LogP contribution in [-0.2, 0) is 9.68 Å². The molecular weight excluding hydrogens is 424 g/mol. The molecule has 8 nitrogen and oxygen atoms in total. The zero-order valence-corrected chi connectivity index (χ0v) is 18.5. The molecule has 0 aliphatic heterocycles. The van der Waals surface area contributed by atoms with Crippen molar-refractivity contribution in [2.75, 3.05) is 14.2 Å². The van der Waals surface area contributed by atoms with Crippen molar-refractivity contribution in [3.05, 3.63) is 46.6 Å². The highest BCUT2D eigenvalue weighted by molar-refractivity contribution is 7.99. The average molecular weight is 446 g/mol. The molecule has 0 amide bonds. The van der Waals surface area contributed by atoms with E-state index in [0.29, 0.717) is 27.9 Å². The third-order valence-electron chi connectivity index (χ3n) is 3.94. The predicted molar refractivity (Wildman–Crippen MR) is 114 cm³/mol. The summed E-state index contributed by atoms with van der Waals surface area (Å²) in [4.78, 5) is 33.8. The highest BCUT2D eigenvalue weighted by Gasteiger charge is 2.21. The standard InChI is InChI=1S/C22H22O8S/c1-12(2)27-18-11-17-20(22(26-5)21(18)25-4)16(24)10-19(28-17)31-15-8-6-14(7-9-15)30-29-13(3)23/h6-12H,1-5H3. The van der Waals surface area contributed by atoms with E-state index in [1.165, 1.54) is 39.0 Å². The van der Waals surface area contributed by atoms with Gasteiger partial charge in [0.15, 0.2) is 27.8 Å². The Kier molecular flexibility index (Phi) is 6.96. The van der Waals surface area contributed by atoms with Crippen molar-refractivity contribution in [2.24, 2.45) is 0 Å². The summed E-state index contributed by atoms with van der Waals surface area (Å²) in [5.74, 6) is 0.822. The van der Waals surface area contributed by atoms with E-state index in [4.69, 9.17) is 23.5 Å². The molecule has 0 fully saturated rings. The van der Waals surface area contributed by atoms with Crippen LogP contribution in [0.4, 0.5) is 0 Å². The largest absolute Gasteiger partial charge is 0.492 e. The normalized spacial score (nSPS) is 10.8. The van der Waals surface area contributed by atoms with Crippen molar-refractivity contribution < 1.29 is 33.2 Å². The quantitative estimate of drug-likeness (QED) is 0.363. The Morgan fingerprint density at radius 1 is 1.03 bits per heavy atom. The number of rotatable bonds is 8. The van der Waals surface area contributed by atoms with Crippen LogP contribution in [0.2, 0.25) is 0 Å². The lowest BCUT2D eigenvalue weighted by Gasteiger charge is -2.17. The van der Waals surface area contributed by atoms with Gasteiger partial charge in [-0.15, -0.1) is 0 Å². The van der Waals surface area contributed by atoms with Crippen LogP contribution in [0.3, 0.4) is 0 Å². The summed E-state index contributed by atoms with van der Waals surface area (Å²) in [7, 11) is 2.94. The van der Waals surface area contributed by atoms with E-state index in [-0.39, 0.29) is 22.7 Å². The molecule has 0 saturated heterocycles. The highest BCUT2D eigenvalue weighted by Crippen LogP contribution is 2.43. The molecule has 0 N–H and O–H groups in total. The summed E-state index contributed by atoms with van der Waals surface area (Å²) in [5, 5.41) is 0.652. The summed E-state index contributed by atoms with van der Waals surface area (Å²) < 4.78 is 22.6. The molecule has 9 heteroatoms. The van der Waals surface area contributed by atoms with Gasteiger partial charge < -0.3 is 18.6 Å². The Hall–Kier alpha value is -3.33. The van der Waals surface area contributed by atoms with Crippen LogP contribution in [-0.4, -0.2) is 26.3 Å². The van der Waals surface area contributed by atoms with Gasteiger partial charge >= 0.3 is 5.97 Å². The van der Waals surface area contributed by atoms with E-state index >= 15 is 0 Å². The molecule has 0 saturated carbocycles. The number of benzene rings is 2. The minimum Gasteiger partial charge on any atom is -0.492 e. The van der Waals surface area contributed by atoms with Gasteiger partial charge in [0, 0.05) is 24.0 Å². The van der Waals surface area contributed by atoms with Crippen molar-refractivity contribution >= 4 is 28.7 Å². The van der Waals surface area contributed by atoms with E-state index < -0.39 is 5.97 Å². The number of carbonyl (C=O) groups excluding carboxylic acids is 1. The van der Waals surface area contributed by atoms with Crippen LogP contribution in [0.5, 0.6) is 23.0 Å². The van der Waals surface area contributed by atoms with Gasteiger partial charge in [-0.1, -0.05) is 11.8 Å². The zero-order valence-electron chi connectivity index (χ0n) is 17.7. The molecule has 0 radical (unpaired) electrons. The second-order valence-corrected chi connectivity index (χ2v) is 7.72. The van der Waals surface area contributed by atoms with Crippen LogP contribution < -0.4 is 24.5 Å². The van der Waals surface area contributed by atoms with E-state index in [1.807, 2.05) is 13.8 Å². The fraction of sp³-hybridized carbons (Fsp3) is 0.273.